The predicted molar refractivity (Wildman–Crippen MR) is 120 cm³/mol. The molecule has 5 amide bonds. The first kappa shape index (κ1) is 25.8. The average Bonchev–Trinajstić information content (AvgIpc) is 2.72. The van der Waals surface area contributed by atoms with E-state index in [0.717, 1.165) is 5.56 Å². The van der Waals surface area contributed by atoms with Crippen LogP contribution in [0.3, 0.4) is 0 Å². The van der Waals surface area contributed by atoms with Gasteiger partial charge in [-0.3, -0.25) is 10.2 Å². The van der Waals surface area contributed by atoms with Gasteiger partial charge in [-0.2, -0.15) is 0 Å². The van der Waals surface area contributed by atoms with E-state index in [0.29, 0.717) is 19.4 Å². The number of hydrazine groups is 1. The van der Waals surface area contributed by atoms with E-state index in [9.17, 15) is 19.2 Å². The summed E-state index contributed by atoms with van der Waals surface area (Å²) in [5.74, 6) is -0.415. The van der Waals surface area contributed by atoms with Gasteiger partial charge in [0.25, 0.3) is 0 Å². The zero-order chi connectivity index (χ0) is 24.4. The number of benzene rings is 1. The Hall–Kier alpha value is -3.50. The highest BCUT2D eigenvalue weighted by atomic mass is 16.6. The van der Waals surface area contributed by atoms with Crippen LogP contribution in [-0.2, 0) is 20.7 Å². The van der Waals surface area contributed by atoms with Crippen LogP contribution in [0.25, 0.3) is 0 Å². The number of urea groups is 1. The Kier molecular flexibility index (Phi) is 9.31. The van der Waals surface area contributed by atoms with E-state index in [2.05, 4.69) is 21.5 Å². The van der Waals surface area contributed by atoms with Crippen molar-refractivity contribution in [2.75, 3.05) is 19.7 Å². The molecule has 33 heavy (non-hydrogen) atoms. The normalized spacial score (nSPS) is 18.0. The zero-order valence-electron chi connectivity index (χ0n) is 19.5. The summed E-state index contributed by atoms with van der Waals surface area (Å²) in [6, 6.07) is 8.01. The molecule has 0 aromatic heterocycles. The van der Waals surface area contributed by atoms with E-state index >= 15 is 0 Å². The summed E-state index contributed by atoms with van der Waals surface area (Å²) in [7, 11) is 0. The molecule has 1 saturated heterocycles. The van der Waals surface area contributed by atoms with Crippen molar-refractivity contribution >= 4 is 24.1 Å². The summed E-state index contributed by atoms with van der Waals surface area (Å²) < 4.78 is 10.6. The Labute approximate surface area is 193 Å². The molecule has 11 heteroatoms. The minimum Gasteiger partial charge on any atom is -0.449 e. The van der Waals surface area contributed by atoms with Gasteiger partial charge >= 0.3 is 18.2 Å². The first-order chi connectivity index (χ1) is 15.5. The Morgan fingerprint density at radius 1 is 1.00 bits per heavy atom. The zero-order valence-corrected chi connectivity index (χ0v) is 19.5. The third-order valence-electron chi connectivity index (χ3n) is 4.72. The van der Waals surface area contributed by atoms with Gasteiger partial charge in [-0.1, -0.05) is 30.3 Å². The molecule has 1 aromatic carbocycles. The smallest absolute Gasteiger partial charge is 0.408 e. The van der Waals surface area contributed by atoms with Gasteiger partial charge in [0.1, 0.15) is 5.60 Å². The topological polar surface area (TPSA) is 138 Å². The highest BCUT2D eigenvalue weighted by Crippen LogP contribution is 2.14. The largest absolute Gasteiger partial charge is 0.449 e. The van der Waals surface area contributed by atoms with Crippen molar-refractivity contribution in [1.82, 2.24) is 26.4 Å². The van der Waals surface area contributed by atoms with Crippen molar-refractivity contribution < 1.29 is 28.7 Å². The molecule has 0 bridgehead atoms. The molecule has 2 rings (SSSR count). The highest BCUT2D eigenvalue weighted by molar-refractivity contribution is 5.80. The lowest BCUT2D eigenvalue weighted by atomic mass is 9.99. The third-order valence-corrected chi connectivity index (χ3v) is 4.72. The maximum Gasteiger partial charge on any atom is 0.408 e. The van der Waals surface area contributed by atoms with Crippen LogP contribution >= 0.6 is 0 Å². The van der Waals surface area contributed by atoms with Gasteiger partial charge in [0.15, 0.2) is 0 Å². The number of hydrogen-bond acceptors (Lipinski definition) is 6. The molecule has 1 heterocycles. The molecule has 1 aromatic rings. The number of alkyl carbamates (subject to hydrolysis) is 2. The maximum atomic E-state index is 12.3. The summed E-state index contributed by atoms with van der Waals surface area (Å²) in [6.45, 7) is 7.08. The molecule has 11 nitrogen and oxygen atoms in total. The lowest BCUT2D eigenvalue weighted by Gasteiger charge is -2.38. The number of piperidine rings is 1. The summed E-state index contributed by atoms with van der Waals surface area (Å²) in [4.78, 5) is 49.4. The molecule has 0 saturated carbocycles. The Balaban J connectivity index is 1.95. The molecule has 0 radical (unpaired) electrons. The van der Waals surface area contributed by atoms with Crippen molar-refractivity contribution in [3.8, 4) is 0 Å². The van der Waals surface area contributed by atoms with Crippen LogP contribution in [0.5, 0.6) is 0 Å². The second-order valence-electron chi connectivity index (χ2n) is 8.72. The number of carbonyl (C=O) groups excluding carboxylic acids is 4. The van der Waals surface area contributed by atoms with Crippen molar-refractivity contribution in [1.29, 1.82) is 0 Å². The van der Waals surface area contributed by atoms with E-state index in [-0.39, 0.29) is 13.2 Å². The monoisotopic (exact) mass is 463 g/mol. The minimum absolute atomic E-state index is 0.0968. The summed E-state index contributed by atoms with van der Waals surface area (Å²) >= 11 is 0. The van der Waals surface area contributed by atoms with Gasteiger partial charge in [-0.15, -0.1) is 0 Å². The van der Waals surface area contributed by atoms with Crippen LogP contribution < -0.4 is 21.5 Å². The van der Waals surface area contributed by atoms with Gasteiger partial charge in [-0.25, -0.2) is 19.8 Å². The number of likely N-dealkylation sites (tertiary alicyclic amines) is 1. The number of carbonyl (C=O) groups is 4. The summed E-state index contributed by atoms with van der Waals surface area (Å²) in [5.41, 5.74) is 4.86. The second-order valence-corrected chi connectivity index (χ2v) is 8.72. The molecule has 0 spiro atoms. The molecule has 1 fully saturated rings. The maximum absolute atomic E-state index is 12.3. The third kappa shape index (κ3) is 9.67. The molecule has 1 aliphatic heterocycles. The Bertz CT molecular complexity index is 826. The number of rotatable bonds is 5. The van der Waals surface area contributed by atoms with E-state index in [4.69, 9.17) is 9.47 Å². The molecule has 0 unspecified atom stereocenters. The van der Waals surface area contributed by atoms with Crippen LogP contribution in [0.2, 0.25) is 0 Å². The van der Waals surface area contributed by atoms with Gasteiger partial charge in [0, 0.05) is 26.4 Å². The molecule has 1 aliphatic rings. The SMILES string of the molecule is CC(=O)NNC(=O)N1CC[C@H](NC(=O)OCCc2ccccc2)[C@H](NC(=O)OC(C)(C)C)C1. The summed E-state index contributed by atoms with van der Waals surface area (Å²) in [6.07, 6.45) is -0.332. The number of ether oxygens (including phenoxy) is 2. The van der Waals surface area contributed by atoms with Crippen LogP contribution in [0, 0.1) is 0 Å². The van der Waals surface area contributed by atoms with Crippen molar-refractivity contribution in [2.24, 2.45) is 0 Å². The van der Waals surface area contributed by atoms with Gasteiger partial charge in [0.2, 0.25) is 5.91 Å². The Morgan fingerprint density at radius 3 is 2.30 bits per heavy atom. The number of nitrogens with zero attached hydrogens (tertiary/aromatic N) is 1. The van der Waals surface area contributed by atoms with Gasteiger partial charge in [0.05, 0.1) is 18.7 Å². The molecule has 2 atom stereocenters. The van der Waals surface area contributed by atoms with E-state index in [1.54, 1.807) is 20.8 Å². The molecular formula is C22H33N5O6. The van der Waals surface area contributed by atoms with Crippen molar-refractivity contribution in [2.45, 2.75) is 58.2 Å². The van der Waals surface area contributed by atoms with E-state index in [1.807, 2.05) is 30.3 Å². The molecular weight excluding hydrogens is 430 g/mol. The standard InChI is InChI=1S/C22H33N5O6/c1-15(28)25-26-19(29)27-12-10-17(18(14-27)24-21(31)33-22(2,3)4)23-20(30)32-13-11-16-8-6-5-7-9-16/h5-9,17-18H,10-14H2,1-4H3,(H,23,30)(H,24,31)(H,25,28)(H,26,29)/t17-,18+/m0/s1. The van der Waals surface area contributed by atoms with Crippen LogP contribution in [-0.4, -0.2) is 66.4 Å². The van der Waals surface area contributed by atoms with E-state index in [1.165, 1.54) is 11.8 Å². The lowest BCUT2D eigenvalue weighted by molar-refractivity contribution is -0.119. The van der Waals surface area contributed by atoms with E-state index < -0.39 is 41.8 Å². The van der Waals surface area contributed by atoms with Crippen LogP contribution in [0.1, 0.15) is 39.7 Å². The predicted octanol–water partition coefficient (Wildman–Crippen LogP) is 1.68. The number of nitrogens with one attached hydrogen (secondary N) is 4. The number of hydrogen-bond donors (Lipinski definition) is 4. The quantitative estimate of drug-likeness (QED) is 0.490. The van der Waals surface area contributed by atoms with Crippen LogP contribution in [0.15, 0.2) is 30.3 Å². The highest BCUT2D eigenvalue weighted by Gasteiger charge is 2.35. The number of amides is 5. The first-order valence-electron chi connectivity index (χ1n) is 10.8. The minimum atomic E-state index is -0.708. The summed E-state index contributed by atoms with van der Waals surface area (Å²) in [5, 5.41) is 5.50. The second kappa shape index (κ2) is 11.9. The van der Waals surface area contributed by atoms with Crippen molar-refractivity contribution in [3.63, 3.8) is 0 Å². The fraction of sp³-hybridized carbons (Fsp3) is 0.545. The van der Waals surface area contributed by atoms with Gasteiger partial charge < -0.3 is 25.0 Å². The molecule has 182 valence electrons. The fourth-order valence-electron chi connectivity index (χ4n) is 3.23. The van der Waals surface area contributed by atoms with Gasteiger partial charge in [-0.05, 0) is 32.8 Å². The fourth-order valence-corrected chi connectivity index (χ4v) is 3.23. The average molecular weight is 464 g/mol. The molecule has 4 N–H and O–H groups in total. The Morgan fingerprint density at radius 2 is 1.67 bits per heavy atom. The first-order valence-corrected chi connectivity index (χ1v) is 10.8. The van der Waals surface area contributed by atoms with Crippen molar-refractivity contribution in [3.05, 3.63) is 35.9 Å². The molecule has 0 aliphatic carbocycles. The lowest BCUT2D eigenvalue weighted by Crippen LogP contribution is -2.63. The van der Waals surface area contributed by atoms with Crippen LogP contribution in [0.4, 0.5) is 14.4 Å².